The molecule has 16 heavy (non-hydrogen) atoms. The Morgan fingerprint density at radius 2 is 2.00 bits per heavy atom. The van der Waals surface area contributed by atoms with Crippen molar-refractivity contribution in [2.75, 3.05) is 6.54 Å². The average molecular weight is 218 g/mol. The Labute approximate surface area is 96.2 Å². The van der Waals surface area contributed by atoms with Crippen LogP contribution in [0.15, 0.2) is 30.3 Å². The number of carbonyl (C=O) groups is 1. The van der Waals surface area contributed by atoms with E-state index in [0.717, 1.165) is 25.9 Å². The molecule has 0 aliphatic heterocycles. The van der Waals surface area contributed by atoms with E-state index in [-0.39, 0.29) is 5.91 Å². The molecule has 1 aromatic rings. The Morgan fingerprint density at radius 3 is 2.69 bits per heavy atom. The van der Waals surface area contributed by atoms with Gasteiger partial charge in [0.1, 0.15) is 0 Å². The molecule has 1 aromatic carbocycles. The molecule has 1 fully saturated rings. The molecule has 86 valence electrons. The van der Waals surface area contributed by atoms with Gasteiger partial charge in [0.05, 0.1) is 0 Å². The highest BCUT2D eigenvalue weighted by Gasteiger charge is 2.22. The van der Waals surface area contributed by atoms with Crippen LogP contribution in [0.3, 0.4) is 0 Å². The van der Waals surface area contributed by atoms with Gasteiger partial charge in [-0.1, -0.05) is 30.3 Å². The third-order valence-corrected chi connectivity index (χ3v) is 2.64. The minimum absolute atomic E-state index is 0.170. The third-order valence-electron chi connectivity index (χ3n) is 2.64. The lowest BCUT2D eigenvalue weighted by Gasteiger charge is -2.05. The summed E-state index contributed by atoms with van der Waals surface area (Å²) in [7, 11) is 0. The van der Waals surface area contributed by atoms with Crippen LogP contribution in [0.4, 0.5) is 0 Å². The summed E-state index contributed by atoms with van der Waals surface area (Å²) in [5, 5.41) is 6.24. The molecule has 0 spiro atoms. The second kappa shape index (κ2) is 5.66. The van der Waals surface area contributed by atoms with Gasteiger partial charge in [-0.25, -0.2) is 0 Å². The second-order valence-electron chi connectivity index (χ2n) is 4.25. The van der Waals surface area contributed by atoms with Gasteiger partial charge >= 0.3 is 0 Å². The van der Waals surface area contributed by atoms with E-state index in [1.807, 2.05) is 18.2 Å². The molecule has 1 aliphatic rings. The van der Waals surface area contributed by atoms with E-state index in [1.54, 1.807) is 0 Å². The quantitative estimate of drug-likeness (QED) is 0.709. The lowest BCUT2D eigenvalue weighted by Crippen LogP contribution is -2.28. The summed E-state index contributed by atoms with van der Waals surface area (Å²) in [5.41, 5.74) is 1.25. The van der Waals surface area contributed by atoms with Crippen molar-refractivity contribution in [2.45, 2.75) is 31.8 Å². The smallest absolute Gasteiger partial charge is 0.221 e. The zero-order chi connectivity index (χ0) is 11.2. The number of amides is 1. The van der Waals surface area contributed by atoms with E-state index >= 15 is 0 Å². The largest absolute Gasteiger partial charge is 0.353 e. The summed E-state index contributed by atoms with van der Waals surface area (Å²) in [4.78, 5) is 11.4. The Morgan fingerprint density at radius 1 is 1.25 bits per heavy atom. The van der Waals surface area contributed by atoms with Gasteiger partial charge in [-0.15, -0.1) is 0 Å². The van der Waals surface area contributed by atoms with Crippen molar-refractivity contribution in [3.8, 4) is 0 Å². The molecule has 0 bridgehead atoms. The Hall–Kier alpha value is -1.35. The van der Waals surface area contributed by atoms with Crippen LogP contribution in [0, 0.1) is 0 Å². The predicted octanol–water partition coefficient (Wildman–Crippen LogP) is 1.44. The molecule has 3 heteroatoms. The zero-order valence-corrected chi connectivity index (χ0v) is 9.41. The molecule has 1 saturated carbocycles. The maximum Gasteiger partial charge on any atom is 0.221 e. The minimum Gasteiger partial charge on any atom is -0.353 e. The molecule has 0 unspecified atom stereocenters. The maximum absolute atomic E-state index is 11.4. The lowest BCUT2D eigenvalue weighted by molar-refractivity contribution is -0.121. The van der Waals surface area contributed by atoms with Gasteiger partial charge in [0.15, 0.2) is 0 Å². The average Bonchev–Trinajstić information content (AvgIpc) is 3.10. The van der Waals surface area contributed by atoms with E-state index in [4.69, 9.17) is 0 Å². The third kappa shape index (κ3) is 4.03. The van der Waals surface area contributed by atoms with Gasteiger partial charge in [0, 0.05) is 25.6 Å². The van der Waals surface area contributed by atoms with E-state index in [2.05, 4.69) is 22.8 Å². The lowest BCUT2D eigenvalue weighted by atomic mass is 10.2. The fourth-order valence-corrected chi connectivity index (χ4v) is 1.56. The Balaban J connectivity index is 1.56. The van der Waals surface area contributed by atoms with Crippen LogP contribution in [0.25, 0.3) is 0 Å². The number of rotatable bonds is 6. The molecular formula is C13H18N2O. The summed E-state index contributed by atoms with van der Waals surface area (Å²) >= 11 is 0. The van der Waals surface area contributed by atoms with E-state index in [9.17, 15) is 4.79 Å². The SMILES string of the molecule is O=C(CCNCc1ccccc1)NC1CC1. The van der Waals surface area contributed by atoms with Crippen LogP contribution in [0.2, 0.25) is 0 Å². The van der Waals surface area contributed by atoms with E-state index in [1.165, 1.54) is 5.56 Å². The van der Waals surface area contributed by atoms with Crippen LogP contribution in [0.1, 0.15) is 24.8 Å². The van der Waals surface area contributed by atoms with Crippen molar-refractivity contribution >= 4 is 5.91 Å². The second-order valence-corrected chi connectivity index (χ2v) is 4.25. The Bertz CT molecular complexity index is 333. The molecule has 2 rings (SSSR count). The molecule has 0 heterocycles. The summed E-state index contributed by atoms with van der Waals surface area (Å²) < 4.78 is 0. The number of benzene rings is 1. The monoisotopic (exact) mass is 218 g/mol. The zero-order valence-electron chi connectivity index (χ0n) is 9.41. The van der Waals surface area contributed by atoms with Crippen molar-refractivity contribution in [1.29, 1.82) is 0 Å². The normalized spacial score (nSPS) is 14.8. The first-order chi connectivity index (χ1) is 7.84. The highest BCUT2D eigenvalue weighted by Crippen LogP contribution is 2.18. The van der Waals surface area contributed by atoms with E-state index < -0.39 is 0 Å². The van der Waals surface area contributed by atoms with Gasteiger partial charge in [-0.3, -0.25) is 4.79 Å². The fraction of sp³-hybridized carbons (Fsp3) is 0.462. The van der Waals surface area contributed by atoms with Crippen molar-refractivity contribution in [3.63, 3.8) is 0 Å². The predicted molar refractivity (Wildman–Crippen MR) is 63.9 cm³/mol. The number of hydrogen-bond donors (Lipinski definition) is 2. The molecule has 0 atom stereocenters. The standard InChI is InChI=1S/C13H18N2O/c16-13(15-12-6-7-12)8-9-14-10-11-4-2-1-3-5-11/h1-5,12,14H,6-10H2,(H,15,16). The highest BCUT2D eigenvalue weighted by molar-refractivity contribution is 5.76. The summed E-state index contributed by atoms with van der Waals surface area (Å²) in [6, 6.07) is 10.7. The summed E-state index contributed by atoms with van der Waals surface area (Å²) in [5.74, 6) is 0.170. The molecule has 0 aromatic heterocycles. The van der Waals surface area contributed by atoms with Crippen LogP contribution in [-0.2, 0) is 11.3 Å². The minimum atomic E-state index is 0.170. The van der Waals surface area contributed by atoms with Crippen molar-refractivity contribution in [1.82, 2.24) is 10.6 Å². The van der Waals surface area contributed by atoms with Crippen LogP contribution >= 0.6 is 0 Å². The van der Waals surface area contributed by atoms with Crippen LogP contribution in [-0.4, -0.2) is 18.5 Å². The topological polar surface area (TPSA) is 41.1 Å². The van der Waals surface area contributed by atoms with Gasteiger partial charge < -0.3 is 10.6 Å². The highest BCUT2D eigenvalue weighted by atomic mass is 16.1. The van der Waals surface area contributed by atoms with Gasteiger partial charge in [0.2, 0.25) is 5.91 Å². The summed E-state index contributed by atoms with van der Waals surface area (Å²) in [6.07, 6.45) is 2.88. The summed E-state index contributed by atoms with van der Waals surface area (Å²) in [6.45, 7) is 1.57. The van der Waals surface area contributed by atoms with Crippen molar-refractivity contribution in [3.05, 3.63) is 35.9 Å². The number of hydrogen-bond acceptors (Lipinski definition) is 2. The van der Waals surface area contributed by atoms with Crippen molar-refractivity contribution in [2.24, 2.45) is 0 Å². The molecule has 0 saturated heterocycles. The molecular weight excluding hydrogens is 200 g/mol. The van der Waals surface area contributed by atoms with Crippen LogP contribution < -0.4 is 10.6 Å². The molecule has 1 aliphatic carbocycles. The number of nitrogens with one attached hydrogen (secondary N) is 2. The van der Waals surface area contributed by atoms with Gasteiger partial charge in [0.25, 0.3) is 0 Å². The maximum atomic E-state index is 11.4. The number of carbonyl (C=O) groups excluding carboxylic acids is 1. The first-order valence-electron chi connectivity index (χ1n) is 5.88. The molecule has 1 amide bonds. The fourth-order valence-electron chi connectivity index (χ4n) is 1.56. The first kappa shape index (κ1) is 11.1. The molecule has 3 nitrogen and oxygen atoms in total. The molecule has 0 radical (unpaired) electrons. The van der Waals surface area contributed by atoms with Crippen LogP contribution in [0.5, 0.6) is 0 Å². The van der Waals surface area contributed by atoms with Gasteiger partial charge in [-0.2, -0.15) is 0 Å². The Kier molecular flexibility index (Phi) is 3.94. The molecule has 2 N–H and O–H groups in total. The van der Waals surface area contributed by atoms with E-state index in [0.29, 0.717) is 12.5 Å². The van der Waals surface area contributed by atoms with Gasteiger partial charge in [-0.05, 0) is 18.4 Å². The van der Waals surface area contributed by atoms with Crippen molar-refractivity contribution < 1.29 is 4.79 Å². The first-order valence-corrected chi connectivity index (χ1v) is 5.88.